The van der Waals surface area contributed by atoms with Crippen molar-refractivity contribution in [2.45, 2.75) is 6.92 Å². The number of nitrogens with zero attached hydrogens (tertiary/aromatic N) is 1. The summed E-state index contributed by atoms with van der Waals surface area (Å²) in [7, 11) is 0. The van der Waals surface area contributed by atoms with Crippen LogP contribution in [-0.4, -0.2) is 29.1 Å². The maximum absolute atomic E-state index is 12.3. The van der Waals surface area contributed by atoms with Gasteiger partial charge in [-0.3, -0.25) is 4.79 Å². The lowest BCUT2D eigenvalue weighted by Gasteiger charge is -2.06. The lowest BCUT2D eigenvalue weighted by atomic mass is 10.2. The predicted molar refractivity (Wildman–Crippen MR) is 105 cm³/mol. The fraction of sp³-hybridized carbons (Fsp3) is 0.143. The number of thiazole rings is 1. The van der Waals surface area contributed by atoms with Gasteiger partial charge in [-0.05, 0) is 49.2 Å². The Hall–Kier alpha value is -3.30. The summed E-state index contributed by atoms with van der Waals surface area (Å²) < 4.78 is 5.56. The highest BCUT2D eigenvalue weighted by molar-refractivity contribution is 7.14. The Morgan fingerprint density at radius 3 is 2.63 bits per heavy atom. The zero-order valence-electron chi connectivity index (χ0n) is 14.7. The summed E-state index contributed by atoms with van der Waals surface area (Å²) in [6.07, 6.45) is 0. The molecular weight excluding hydrogens is 360 g/mol. The van der Waals surface area contributed by atoms with E-state index in [-0.39, 0.29) is 11.7 Å². The first kappa shape index (κ1) is 18.5. The molecule has 0 spiro atoms. The topological polar surface area (TPSA) is 71.5 Å². The van der Waals surface area contributed by atoms with Crippen molar-refractivity contribution in [3.8, 4) is 23.3 Å². The van der Waals surface area contributed by atoms with Crippen LogP contribution < -0.4 is 10.1 Å². The lowest BCUT2D eigenvalue weighted by molar-refractivity contribution is 0.0950. The molecule has 0 aliphatic rings. The van der Waals surface area contributed by atoms with Crippen LogP contribution in [0.15, 0.2) is 54.6 Å². The normalized spacial score (nSPS) is 9.96. The third kappa shape index (κ3) is 5.33. The van der Waals surface area contributed by atoms with E-state index < -0.39 is 0 Å². The first-order valence-corrected chi connectivity index (χ1v) is 9.18. The van der Waals surface area contributed by atoms with Gasteiger partial charge in [0.05, 0.1) is 12.2 Å². The quantitative estimate of drug-likeness (QED) is 0.527. The molecule has 0 bridgehead atoms. The maximum atomic E-state index is 12.3. The third-order valence-electron chi connectivity index (χ3n) is 3.58. The highest BCUT2D eigenvalue weighted by atomic mass is 32.1. The van der Waals surface area contributed by atoms with Crippen LogP contribution in [0, 0.1) is 18.8 Å². The van der Waals surface area contributed by atoms with Gasteiger partial charge < -0.3 is 15.2 Å². The Morgan fingerprint density at radius 1 is 1.15 bits per heavy atom. The Kier molecular flexibility index (Phi) is 6.08. The molecular formula is C21H18N2O3S. The fourth-order valence-corrected chi connectivity index (χ4v) is 3.10. The third-order valence-corrected chi connectivity index (χ3v) is 4.66. The zero-order valence-corrected chi connectivity index (χ0v) is 15.5. The molecule has 5 nitrogen and oxygen atoms in total. The Bertz CT molecular complexity index is 970. The number of aryl methyl sites for hydroxylation is 1. The van der Waals surface area contributed by atoms with Gasteiger partial charge in [0.25, 0.3) is 5.91 Å². The van der Waals surface area contributed by atoms with E-state index in [4.69, 9.17) is 4.74 Å². The number of aromatic hydroxyl groups is 1. The van der Waals surface area contributed by atoms with Gasteiger partial charge >= 0.3 is 0 Å². The molecule has 0 aliphatic carbocycles. The number of benzene rings is 2. The van der Waals surface area contributed by atoms with Gasteiger partial charge in [-0.15, -0.1) is 11.3 Å². The van der Waals surface area contributed by atoms with Gasteiger partial charge in [-0.1, -0.05) is 24.1 Å². The molecule has 27 heavy (non-hydrogen) atoms. The molecule has 0 unspecified atom stereocenters. The monoisotopic (exact) mass is 378 g/mol. The van der Waals surface area contributed by atoms with Crippen molar-refractivity contribution < 1.29 is 14.6 Å². The van der Waals surface area contributed by atoms with Crippen LogP contribution in [-0.2, 0) is 0 Å². The van der Waals surface area contributed by atoms with Gasteiger partial charge in [0.1, 0.15) is 23.0 Å². The minimum absolute atomic E-state index is 0.181. The highest BCUT2D eigenvalue weighted by Gasteiger charge is 2.14. The standard InChI is InChI=1S/C21H18N2O3S/c1-15-20(21(25)22-13-14-26-18-5-3-2-4-6-18)27-19(23-15)12-9-16-7-10-17(24)11-8-16/h2-8,10-11,24H,13-14H2,1H3,(H,22,25). The van der Waals surface area contributed by atoms with Crippen LogP contribution in [0.3, 0.4) is 0 Å². The molecule has 0 aliphatic heterocycles. The summed E-state index contributed by atoms with van der Waals surface area (Å²) in [5, 5.41) is 12.7. The number of phenols is 1. The number of phenolic OH excluding ortho intramolecular Hbond substituents is 1. The first-order valence-electron chi connectivity index (χ1n) is 8.36. The highest BCUT2D eigenvalue weighted by Crippen LogP contribution is 2.17. The average Bonchev–Trinajstić information content (AvgIpc) is 3.06. The number of rotatable bonds is 5. The lowest BCUT2D eigenvalue weighted by Crippen LogP contribution is -2.27. The molecule has 6 heteroatoms. The Labute approximate surface area is 161 Å². The van der Waals surface area contributed by atoms with Crippen LogP contribution in [0.2, 0.25) is 0 Å². The van der Waals surface area contributed by atoms with E-state index in [1.165, 1.54) is 11.3 Å². The summed E-state index contributed by atoms with van der Waals surface area (Å²) >= 11 is 1.26. The molecule has 3 aromatic rings. The van der Waals surface area contributed by atoms with Crippen LogP contribution in [0.5, 0.6) is 11.5 Å². The number of para-hydroxylation sites is 1. The predicted octanol–water partition coefficient (Wildman–Crippen LogP) is 3.37. The number of amides is 1. The molecule has 136 valence electrons. The number of carbonyl (C=O) groups excluding carboxylic acids is 1. The van der Waals surface area contributed by atoms with Gasteiger partial charge in [0.2, 0.25) is 0 Å². The molecule has 0 saturated carbocycles. The molecule has 0 radical (unpaired) electrons. The van der Waals surface area contributed by atoms with Gasteiger partial charge in [-0.25, -0.2) is 4.98 Å². The number of hydrogen-bond acceptors (Lipinski definition) is 5. The molecule has 1 heterocycles. The van der Waals surface area contributed by atoms with E-state index in [2.05, 4.69) is 22.1 Å². The van der Waals surface area contributed by atoms with Crippen molar-refractivity contribution in [2.75, 3.05) is 13.2 Å². The van der Waals surface area contributed by atoms with E-state index in [1.54, 1.807) is 31.2 Å². The minimum atomic E-state index is -0.181. The minimum Gasteiger partial charge on any atom is -0.508 e. The largest absolute Gasteiger partial charge is 0.508 e. The van der Waals surface area contributed by atoms with Crippen LogP contribution in [0.4, 0.5) is 0 Å². The van der Waals surface area contributed by atoms with Crippen LogP contribution in [0.1, 0.15) is 25.9 Å². The average molecular weight is 378 g/mol. The number of ether oxygens (including phenoxy) is 1. The van der Waals surface area contributed by atoms with Crippen molar-refractivity contribution >= 4 is 17.2 Å². The van der Waals surface area contributed by atoms with Gasteiger partial charge in [-0.2, -0.15) is 0 Å². The number of nitrogens with one attached hydrogen (secondary N) is 1. The van der Waals surface area contributed by atoms with E-state index in [1.807, 2.05) is 30.3 Å². The second-order valence-corrected chi connectivity index (χ2v) is 6.65. The van der Waals surface area contributed by atoms with Gasteiger partial charge in [0.15, 0.2) is 5.01 Å². The Balaban J connectivity index is 1.55. The van der Waals surface area contributed by atoms with Crippen molar-refractivity contribution in [3.63, 3.8) is 0 Å². The van der Waals surface area contributed by atoms with E-state index in [0.717, 1.165) is 11.3 Å². The molecule has 0 atom stereocenters. The molecule has 2 N–H and O–H groups in total. The number of aromatic nitrogens is 1. The van der Waals surface area contributed by atoms with Crippen LogP contribution >= 0.6 is 11.3 Å². The molecule has 2 aromatic carbocycles. The smallest absolute Gasteiger partial charge is 0.263 e. The van der Waals surface area contributed by atoms with E-state index >= 15 is 0 Å². The Morgan fingerprint density at radius 2 is 1.89 bits per heavy atom. The van der Waals surface area contributed by atoms with E-state index in [9.17, 15) is 9.90 Å². The summed E-state index contributed by atoms with van der Waals surface area (Å²) in [4.78, 5) is 17.2. The molecule has 0 fully saturated rings. The summed E-state index contributed by atoms with van der Waals surface area (Å²) in [5.41, 5.74) is 1.42. The number of hydrogen-bond donors (Lipinski definition) is 2. The summed E-state index contributed by atoms with van der Waals surface area (Å²) in [6.45, 7) is 2.58. The molecule has 3 rings (SSSR count). The molecule has 1 amide bonds. The van der Waals surface area contributed by atoms with Gasteiger partial charge in [0, 0.05) is 5.56 Å². The first-order chi connectivity index (χ1) is 13.1. The zero-order chi connectivity index (χ0) is 19.1. The van der Waals surface area contributed by atoms with Crippen molar-refractivity contribution in [1.29, 1.82) is 0 Å². The second kappa shape index (κ2) is 8.88. The van der Waals surface area contributed by atoms with E-state index in [0.29, 0.717) is 28.7 Å². The SMILES string of the molecule is Cc1nc(C#Cc2ccc(O)cc2)sc1C(=O)NCCOc1ccccc1. The van der Waals surface area contributed by atoms with Crippen molar-refractivity contribution in [1.82, 2.24) is 10.3 Å². The molecule has 1 aromatic heterocycles. The van der Waals surface area contributed by atoms with Crippen molar-refractivity contribution in [2.24, 2.45) is 0 Å². The maximum Gasteiger partial charge on any atom is 0.263 e. The number of carbonyl (C=O) groups is 1. The fourth-order valence-electron chi connectivity index (χ4n) is 2.26. The summed E-state index contributed by atoms with van der Waals surface area (Å²) in [6, 6.07) is 16.1. The van der Waals surface area contributed by atoms with Crippen LogP contribution in [0.25, 0.3) is 0 Å². The molecule has 0 saturated heterocycles. The second-order valence-electron chi connectivity index (χ2n) is 5.65. The van der Waals surface area contributed by atoms with Crippen molar-refractivity contribution in [3.05, 3.63) is 75.7 Å². The summed E-state index contributed by atoms with van der Waals surface area (Å²) in [5.74, 6) is 6.71.